The Kier molecular flexibility index (Phi) is 4.69. The second-order valence-corrected chi connectivity index (χ2v) is 6.51. The number of phenols is 1. The van der Waals surface area contributed by atoms with Crippen molar-refractivity contribution in [3.8, 4) is 11.5 Å². The molecule has 4 nitrogen and oxygen atoms in total. The topological polar surface area (TPSA) is 55.8 Å². The Balaban J connectivity index is 2.18. The van der Waals surface area contributed by atoms with Crippen molar-refractivity contribution in [2.24, 2.45) is 0 Å². The summed E-state index contributed by atoms with van der Waals surface area (Å²) in [4.78, 5) is 11.2. The largest absolute Gasteiger partial charge is 0.507 e. The third kappa shape index (κ3) is 3.06. The molecule has 1 unspecified atom stereocenters. The minimum atomic E-state index is -0.262. The van der Waals surface area contributed by atoms with Crippen molar-refractivity contribution in [1.29, 1.82) is 0 Å². The highest BCUT2D eigenvalue weighted by Crippen LogP contribution is 2.44. The Labute approximate surface area is 132 Å². The lowest BCUT2D eigenvalue weighted by Crippen LogP contribution is -2.37. The van der Waals surface area contributed by atoms with Gasteiger partial charge in [0, 0.05) is 12.0 Å². The first-order valence-electron chi connectivity index (χ1n) is 7.86. The van der Waals surface area contributed by atoms with Crippen LogP contribution in [-0.4, -0.2) is 23.8 Å². The predicted molar refractivity (Wildman–Crippen MR) is 85.5 cm³/mol. The number of carbonyl (C=O) groups excluding carboxylic acids is 1. The molecule has 2 rings (SSSR count). The van der Waals surface area contributed by atoms with E-state index < -0.39 is 0 Å². The van der Waals surface area contributed by atoms with Crippen LogP contribution in [0.1, 0.15) is 54.9 Å². The summed E-state index contributed by atoms with van der Waals surface area (Å²) in [6.07, 6.45) is 3.79. The van der Waals surface area contributed by atoms with Crippen molar-refractivity contribution in [1.82, 2.24) is 0 Å². The summed E-state index contributed by atoms with van der Waals surface area (Å²) < 4.78 is 11.0. The number of aromatic hydroxyl groups is 1. The normalized spacial score (nSPS) is 20.2. The van der Waals surface area contributed by atoms with Gasteiger partial charge in [0.05, 0.1) is 7.11 Å². The van der Waals surface area contributed by atoms with Crippen molar-refractivity contribution in [3.05, 3.63) is 22.3 Å². The minimum absolute atomic E-state index is 0.174. The van der Waals surface area contributed by atoms with Crippen LogP contribution in [0.25, 0.3) is 0 Å². The summed E-state index contributed by atoms with van der Waals surface area (Å²) in [5.74, 6) is 1.13. The minimum Gasteiger partial charge on any atom is -0.507 e. The van der Waals surface area contributed by atoms with Crippen LogP contribution in [-0.2, 0) is 16.0 Å². The monoisotopic (exact) mass is 306 g/mol. The van der Waals surface area contributed by atoms with Gasteiger partial charge in [0.25, 0.3) is 0 Å². The summed E-state index contributed by atoms with van der Waals surface area (Å²) >= 11 is 0. The number of methoxy groups -OCH3 is 1. The molecule has 1 N–H and O–H groups in total. The van der Waals surface area contributed by atoms with Gasteiger partial charge in [-0.15, -0.1) is 0 Å². The molecular formula is C18H26O4. The van der Waals surface area contributed by atoms with Gasteiger partial charge in [-0.3, -0.25) is 4.79 Å². The molecule has 1 aliphatic rings. The quantitative estimate of drug-likeness (QED) is 0.861. The lowest BCUT2D eigenvalue weighted by molar-refractivity contribution is -0.140. The first kappa shape index (κ1) is 16.7. The molecule has 0 spiro atoms. The van der Waals surface area contributed by atoms with Gasteiger partial charge < -0.3 is 14.6 Å². The van der Waals surface area contributed by atoms with Crippen LogP contribution in [0.3, 0.4) is 0 Å². The van der Waals surface area contributed by atoms with Crippen molar-refractivity contribution < 1.29 is 19.4 Å². The predicted octanol–water partition coefficient (Wildman–Crippen LogP) is 3.74. The zero-order chi connectivity index (χ0) is 16.5. The maximum Gasteiger partial charge on any atom is 0.305 e. The van der Waals surface area contributed by atoms with Gasteiger partial charge in [0.2, 0.25) is 0 Å². The number of ether oxygens (including phenoxy) is 2. The van der Waals surface area contributed by atoms with Crippen LogP contribution in [0.4, 0.5) is 0 Å². The molecule has 0 saturated heterocycles. The van der Waals surface area contributed by atoms with Crippen LogP contribution in [0.5, 0.6) is 11.5 Å². The molecule has 1 aromatic rings. The van der Waals surface area contributed by atoms with Crippen LogP contribution < -0.4 is 4.74 Å². The standard InChI is InChI=1S/C18H26O4/c1-11-12(2)17-14(13(3)16(11)20)8-10-18(4,22-17)9-6-7-15(19)21-5/h20H,6-10H2,1-5H3. The summed E-state index contributed by atoms with van der Waals surface area (Å²) in [5, 5.41) is 10.2. The van der Waals surface area contributed by atoms with Gasteiger partial charge in [0.15, 0.2) is 0 Å². The fourth-order valence-electron chi connectivity index (χ4n) is 3.18. The van der Waals surface area contributed by atoms with E-state index in [-0.39, 0.29) is 11.6 Å². The van der Waals surface area contributed by atoms with E-state index in [9.17, 15) is 9.90 Å². The first-order valence-corrected chi connectivity index (χ1v) is 7.86. The average Bonchev–Trinajstić information content (AvgIpc) is 2.50. The van der Waals surface area contributed by atoms with E-state index in [0.717, 1.165) is 53.7 Å². The van der Waals surface area contributed by atoms with E-state index in [4.69, 9.17) is 4.74 Å². The van der Waals surface area contributed by atoms with E-state index in [2.05, 4.69) is 11.7 Å². The summed E-state index contributed by atoms with van der Waals surface area (Å²) in [6.45, 7) is 7.96. The van der Waals surface area contributed by atoms with Gasteiger partial charge in [-0.1, -0.05) is 0 Å². The smallest absolute Gasteiger partial charge is 0.305 e. The lowest BCUT2D eigenvalue weighted by Gasteiger charge is -2.38. The van der Waals surface area contributed by atoms with E-state index >= 15 is 0 Å². The molecule has 0 amide bonds. The Morgan fingerprint density at radius 2 is 1.95 bits per heavy atom. The molecule has 1 heterocycles. The summed E-state index contributed by atoms with van der Waals surface area (Å²) in [7, 11) is 1.42. The van der Waals surface area contributed by atoms with Gasteiger partial charge in [-0.05, 0) is 70.1 Å². The molecule has 0 saturated carbocycles. The molecule has 4 heteroatoms. The molecule has 1 atom stereocenters. The third-order valence-electron chi connectivity index (χ3n) is 4.91. The van der Waals surface area contributed by atoms with Crippen LogP contribution in [0.15, 0.2) is 0 Å². The molecule has 1 aromatic carbocycles. The van der Waals surface area contributed by atoms with Crippen LogP contribution in [0, 0.1) is 20.8 Å². The maximum absolute atomic E-state index is 11.2. The number of fused-ring (bicyclic) bond motifs is 1. The molecule has 1 aliphatic heterocycles. The number of hydrogen-bond donors (Lipinski definition) is 1. The van der Waals surface area contributed by atoms with Gasteiger partial charge >= 0.3 is 5.97 Å². The van der Waals surface area contributed by atoms with Crippen molar-refractivity contribution >= 4 is 5.97 Å². The zero-order valence-electron chi connectivity index (χ0n) is 14.2. The van der Waals surface area contributed by atoms with E-state index in [1.54, 1.807) is 0 Å². The highest BCUT2D eigenvalue weighted by atomic mass is 16.5. The molecule has 22 heavy (non-hydrogen) atoms. The Morgan fingerprint density at radius 3 is 2.59 bits per heavy atom. The highest BCUT2D eigenvalue weighted by Gasteiger charge is 2.34. The van der Waals surface area contributed by atoms with Crippen molar-refractivity contribution in [2.75, 3.05) is 7.11 Å². The second-order valence-electron chi connectivity index (χ2n) is 6.51. The van der Waals surface area contributed by atoms with E-state index in [0.29, 0.717) is 12.2 Å². The fourth-order valence-corrected chi connectivity index (χ4v) is 3.18. The Hall–Kier alpha value is -1.71. The number of rotatable bonds is 4. The molecule has 0 bridgehead atoms. The Bertz CT molecular complexity index is 591. The van der Waals surface area contributed by atoms with Gasteiger partial charge in [-0.25, -0.2) is 0 Å². The second kappa shape index (κ2) is 6.19. The zero-order valence-corrected chi connectivity index (χ0v) is 14.2. The number of carbonyl (C=O) groups is 1. The average molecular weight is 306 g/mol. The first-order chi connectivity index (χ1) is 10.3. The van der Waals surface area contributed by atoms with E-state index in [1.165, 1.54) is 7.11 Å². The molecule has 0 fully saturated rings. The van der Waals surface area contributed by atoms with Crippen molar-refractivity contribution in [2.45, 2.75) is 65.4 Å². The fraction of sp³-hybridized carbons (Fsp3) is 0.611. The number of hydrogen-bond acceptors (Lipinski definition) is 4. The molecule has 0 aromatic heterocycles. The Morgan fingerprint density at radius 1 is 1.27 bits per heavy atom. The van der Waals surface area contributed by atoms with Gasteiger partial charge in [0.1, 0.15) is 17.1 Å². The number of phenolic OH excluding ortho intramolecular Hbond substituents is 1. The summed E-state index contributed by atoms with van der Waals surface area (Å²) in [6, 6.07) is 0. The van der Waals surface area contributed by atoms with Crippen LogP contribution in [0.2, 0.25) is 0 Å². The number of esters is 1. The molecular weight excluding hydrogens is 280 g/mol. The molecule has 0 radical (unpaired) electrons. The molecule has 0 aliphatic carbocycles. The van der Waals surface area contributed by atoms with Gasteiger partial charge in [-0.2, -0.15) is 0 Å². The lowest BCUT2D eigenvalue weighted by atomic mass is 9.85. The van der Waals surface area contributed by atoms with Crippen molar-refractivity contribution in [3.63, 3.8) is 0 Å². The maximum atomic E-state index is 11.2. The van der Waals surface area contributed by atoms with Crippen LogP contribution >= 0.6 is 0 Å². The summed E-state index contributed by atoms with van der Waals surface area (Å²) in [5.41, 5.74) is 3.68. The SMILES string of the molecule is COC(=O)CCCC1(C)CCc2c(C)c(O)c(C)c(C)c2O1. The highest BCUT2D eigenvalue weighted by molar-refractivity contribution is 5.69. The van der Waals surface area contributed by atoms with E-state index in [1.807, 2.05) is 20.8 Å². The molecule has 122 valence electrons. The third-order valence-corrected chi connectivity index (χ3v) is 4.91. The number of benzene rings is 1.